The lowest BCUT2D eigenvalue weighted by molar-refractivity contribution is -0.133. The van der Waals surface area contributed by atoms with Crippen LogP contribution in [0.2, 0.25) is 0 Å². The van der Waals surface area contributed by atoms with Crippen LogP contribution in [0.25, 0.3) is 0 Å². The quantitative estimate of drug-likeness (QED) is 0.641. The molecule has 1 aliphatic rings. The minimum atomic E-state index is -3.15. The summed E-state index contributed by atoms with van der Waals surface area (Å²) in [6.45, 7) is 6.93. The van der Waals surface area contributed by atoms with E-state index in [2.05, 4.69) is 23.9 Å². The minimum absolute atomic E-state index is 0.185. The molecule has 0 saturated carbocycles. The molecular formula is C14H29N3O3S. The Morgan fingerprint density at radius 3 is 2.71 bits per heavy atom. The van der Waals surface area contributed by atoms with Crippen LogP contribution in [0.15, 0.2) is 0 Å². The van der Waals surface area contributed by atoms with Crippen molar-refractivity contribution in [1.29, 1.82) is 0 Å². The van der Waals surface area contributed by atoms with Crippen molar-refractivity contribution in [3.8, 4) is 0 Å². The molecule has 6 nitrogen and oxygen atoms in total. The maximum Gasteiger partial charge on any atom is 0.222 e. The van der Waals surface area contributed by atoms with E-state index in [-0.39, 0.29) is 11.8 Å². The summed E-state index contributed by atoms with van der Waals surface area (Å²) in [6.07, 6.45) is 4.50. The van der Waals surface area contributed by atoms with Crippen molar-refractivity contribution in [3.05, 3.63) is 0 Å². The van der Waals surface area contributed by atoms with Crippen molar-refractivity contribution in [2.24, 2.45) is 5.92 Å². The Balaban J connectivity index is 2.29. The summed E-state index contributed by atoms with van der Waals surface area (Å²) < 4.78 is 24.8. The molecule has 1 atom stereocenters. The predicted octanol–water partition coefficient (Wildman–Crippen LogP) is 0.552. The number of likely N-dealkylation sites (tertiary alicyclic amines) is 1. The van der Waals surface area contributed by atoms with E-state index in [1.807, 2.05) is 4.90 Å². The standard InChI is InChI=1S/C14H29N3O3S/c1-12(2)15-8-4-7-14(18)17-9-5-6-13(11-17)10-16-21(3,19)20/h12-13,15-16H,4-11H2,1-3H3. The van der Waals surface area contributed by atoms with Crippen LogP contribution in [0.1, 0.15) is 39.5 Å². The average Bonchev–Trinajstić information content (AvgIpc) is 2.40. The molecule has 0 spiro atoms. The molecule has 0 radical (unpaired) electrons. The predicted molar refractivity (Wildman–Crippen MR) is 84.5 cm³/mol. The molecule has 0 aromatic carbocycles. The van der Waals surface area contributed by atoms with Crippen LogP contribution < -0.4 is 10.0 Å². The fourth-order valence-electron chi connectivity index (χ4n) is 2.52. The fraction of sp³-hybridized carbons (Fsp3) is 0.929. The van der Waals surface area contributed by atoms with Crippen molar-refractivity contribution >= 4 is 15.9 Å². The number of piperidine rings is 1. The summed E-state index contributed by atoms with van der Waals surface area (Å²) in [5, 5.41) is 3.30. The Morgan fingerprint density at radius 1 is 1.38 bits per heavy atom. The molecule has 1 saturated heterocycles. The Bertz CT molecular complexity index is 423. The third-order valence-electron chi connectivity index (χ3n) is 3.63. The monoisotopic (exact) mass is 319 g/mol. The summed E-state index contributed by atoms with van der Waals surface area (Å²) in [5.74, 6) is 0.413. The number of amides is 1. The number of nitrogens with one attached hydrogen (secondary N) is 2. The largest absolute Gasteiger partial charge is 0.342 e. The first-order valence-electron chi connectivity index (χ1n) is 7.73. The highest BCUT2D eigenvalue weighted by Gasteiger charge is 2.23. The first kappa shape index (κ1) is 18.4. The van der Waals surface area contributed by atoms with Crippen molar-refractivity contribution in [2.75, 3.05) is 32.4 Å². The Hall–Kier alpha value is -0.660. The molecule has 0 aliphatic carbocycles. The molecule has 21 heavy (non-hydrogen) atoms. The summed E-state index contributed by atoms with van der Waals surface area (Å²) >= 11 is 0. The number of sulfonamides is 1. The zero-order chi connectivity index (χ0) is 15.9. The van der Waals surface area contributed by atoms with Crippen LogP contribution in [-0.4, -0.2) is 57.7 Å². The van der Waals surface area contributed by atoms with Gasteiger partial charge in [-0.05, 0) is 31.7 Å². The third kappa shape index (κ3) is 8.38. The van der Waals surface area contributed by atoms with Gasteiger partial charge in [-0.25, -0.2) is 13.1 Å². The van der Waals surface area contributed by atoms with E-state index < -0.39 is 10.0 Å². The second-order valence-corrected chi connectivity index (χ2v) is 8.01. The highest BCUT2D eigenvalue weighted by molar-refractivity contribution is 7.88. The highest BCUT2D eigenvalue weighted by atomic mass is 32.2. The second-order valence-electron chi connectivity index (χ2n) is 6.18. The van der Waals surface area contributed by atoms with Gasteiger partial charge in [0.15, 0.2) is 0 Å². The van der Waals surface area contributed by atoms with Crippen molar-refractivity contribution in [2.45, 2.75) is 45.6 Å². The van der Waals surface area contributed by atoms with Gasteiger partial charge in [0.1, 0.15) is 0 Å². The first-order chi connectivity index (χ1) is 9.78. The van der Waals surface area contributed by atoms with Gasteiger partial charge in [0.05, 0.1) is 6.26 Å². The number of hydrogen-bond acceptors (Lipinski definition) is 4. The van der Waals surface area contributed by atoms with Crippen LogP contribution in [0, 0.1) is 5.92 Å². The van der Waals surface area contributed by atoms with Gasteiger partial charge in [-0.1, -0.05) is 13.8 Å². The zero-order valence-electron chi connectivity index (χ0n) is 13.4. The Morgan fingerprint density at radius 2 is 2.10 bits per heavy atom. The Labute approximate surface area is 128 Å². The number of carbonyl (C=O) groups is 1. The lowest BCUT2D eigenvalue weighted by Gasteiger charge is -2.33. The lowest BCUT2D eigenvalue weighted by atomic mass is 9.98. The van der Waals surface area contributed by atoms with Crippen LogP contribution in [0.4, 0.5) is 0 Å². The van der Waals surface area contributed by atoms with Crippen molar-refractivity contribution in [3.63, 3.8) is 0 Å². The van der Waals surface area contributed by atoms with Gasteiger partial charge >= 0.3 is 0 Å². The minimum Gasteiger partial charge on any atom is -0.342 e. The second kappa shape index (κ2) is 8.70. The molecule has 1 heterocycles. The maximum absolute atomic E-state index is 12.1. The summed E-state index contributed by atoms with van der Waals surface area (Å²) in [6, 6.07) is 0.446. The normalized spacial score (nSPS) is 20.0. The summed E-state index contributed by atoms with van der Waals surface area (Å²) in [4.78, 5) is 14.0. The lowest BCUT2D eigenvalue weighted by Crippen LogP contribution is -2.43. The van der Waals surface area contributed by atoms with Gasteiger partial charge in [-0.3, -0.25) is 4.79 Å². The summed E-state index contributed by atoms with van der Waals surface area (Å²) in [7, 11) is -3.15. The van der Waals surface area contributed by atoms with E-state index in [0.717, 1.165) is 32.4 Å². The molecule has 0 aromatic heterocycles. The van der Waals surface area contributed by atoms with Crippen LogP contribution >= 0.6 is 0 Å². The zero-order valence-corrected chi connectivity index (χ0v) is 14.2. The molecule has 1 rings (SSSR count). The van der Waals surface area contributed by atoms with Crippen LogP contribution in [-0.2, 0) is 14.8 Å². The average molecular weight is 319 g/mol. The van der Waals surface area contributed by atoms with Gasteiger partial charge in [0.25, 0.3) is 0 Å². The number of hydrogen-bond donors (Lipinski definition) is 2. The fourth-order valence-corrected chi connectivity index (χ4v) is 3.05. The van der Waals surface area contributed by atoms with E-state index >= 15 is 0 Å². The molecule has 1 unspecified atom stereocenters. The van der Waals surface area contributed by atoms with Gasteiger partial charge in [0.2, 0.25) is 15.9 Å². The molecule has 124 valence electrons. The topological polar surface area (TPSA) is 78.5 Å². The van der Waals surface area contributed by atoms with Gasteiger partial charge in [-0.2, -0.15) is 0 Å². The highest BCUT2D eigenvalue weighted by Crippen LogP contribution is 2.17. The van der Waals surface area contributed by atoms with Crippen molar-refractivity contribution < 1.29 is 13.2 Å². The van der Waals surface area contributed by atoms with Gasteiger partial charge in [-0.15, -0.1) is 0 Å². The van der Waals surface area contributed by atoms with E-state index in [0.29, 0.717) is 25.6 Å². The first-order valence-corrected chi connectivity index (χ1v) is 9.63. The molecule has 1 aliphatic heterocycles. The molecular weight excluding hydrogens is 290 g/mol. The van der Waals surface area contributed by atoms with E-state index in [9.17, 15) is 13.2 Å². The number of nitrogens with zero attached hydrogens (tertiary/aromatic N) is 1. The maximum atomic E-state index is 12.1. The third-order valence-corrected chi connectivity index (χ3v) is 4.32. The van der Waals surface area contributed by atoms with Crippen LogP contribution in [0.5, 0.6) is 0 Å². The van der Waals surface area contributed by atoms with Crippen LogP contribution in [0.3, 0.4) is 0 Å². The van der Waals surface area contributed by atoms with Crippen molar-refractivity contribution in [1.82, 2.24) is 14.9 Å². The Kier molecular flexibility index (Phi) is 7.62. The van der Waals surface area contributed by atoms with Gasteiger partial charge < -0.3 is 10.2 Å². The molecule has 7 heteroatoms. The van der Waals surface area contributed by atoms with Gasteiger partial charge in [0, 0.05) is 32.1 Å². The molecule has 2 N–H and O–H groups in total. The molecule has 0 bridgehead atoms. The molecule has 1 amide bonds. The van der Waals surface area contributed by atoms with E-state index in [4.69, 9.17) is 0 Å². The summed E-state index contributed by atoms with van der Waals surface area (Å²) in [5.41, 5.74) is 0. The smallest absolute Gasteiger partial charge is 0.222 e. The van der Waals surface area contributed by atoms with E-state index in [1.54, 1.807) is 0 Å². The van der Waals surface area contributed by atoms with E-state index in [1.165, 1.54) is 6.26 Å². The number of carbonyl (C=O) groups excluding carboxylic acids is 1. The molecule has 1 fully saturated rings. The SMILES string of the molecule is CC(C)NCCCC(=O)N1CCCC(CNS(C)(=O)=O)C1. The number of rotatable bonds is 8. The molecule has 0 aromatic rings.